The molecule has 23 heavy (non-hydrogen) atoms. The van der Waals surface area contributed by atoms with Gasteiger partial charge in [0, 0.05) is 20.2 Å². The highest BCUT2D eigenvalue weighted by Gasteiger charge is 2.22. The minimum Gasteiger partial charge on any atom is -0.506 e. The van der Waals surface area contributed by atoms with Crippen LogP contribution in [0.2, 0.25) is 5.02 Å². The van der Waals surface area contributed by atoms with Crippen LogP contribution in [0.1, 0.15) is 22.7 Å². The summed E-state index contributed by atoms with van der Waals surface area (Å²) in [7, 11) is 1.95. The van der Waals surface area contributed by atoms with Crippen molar-refractivity contribution in [1.82, 2.24) is 5.32 Å². The Labute approximate surface area is 168 Å². The first kappa shape index (κ1) is 17.6. The predicted octanol–water partition coefficient (Wildman–Crippen LogP) is 4.73. The second-order valence-corrected chi connectivity index (χ2v) is 8.38. The third kappa shape index (κ3) is 3.72. The van der Waals surface area contributed by atoms with Gasteiger partial charge in [0.2, 0.25) is 0 Å². The maximum atomic E-state index is 9.82. The molecule has 0 saturated heterocycles. The van der Waals surface area contributed by atoms with E-state index >= 15 is 0 Å². The van der Waals surface area contributed by atoms with Crippen LogP contribution in [0.5, 0.6) is 5.75 Å². The van der Waals surface area contributed by atoms with Crippen LogP contribution in [0.4, 0.5) is 5.69 Å². The zero-order valence-electron chi connectivity index (χ0n) is 12.6. The van der Waals surface area contributed by atoms with Crippen LogP contribution in [-0.2, 0) is 12.8 Å². The maximum absolute atomic E-state index is 9.82. The van der Waals surface area contributed by atoms with Crippen molar-refractivity contribution >= 4 is 62.5 Å². The summed E-state index contributed by atoms with van der Waals surface area (Å²) in [5.41, 5.74) is 4.86. The third-order valence-corrected chi connectivity index (χ3v) is 6.17. The molecule has 1 aliphatic heterocycles. The van der Waals surface area contributed by atoms with E-state index in [1.807, 2.05) is 19.2 Å². The Kier molecular flexibility index (Phi) is 5.60. The quantitative estimate of drug-likeness (QED) is 0.481. The Morgan fingerprint density at radius 3 is 2.61 bits per heavy atom. The number of anilines is 1. The fourth-order valence-electron chi connectivity index (χ4n) is 3.05. The summed E-state index contributed by atoms with van der Waals surface area (Å²) in [4.78, 5) is 0. The van der Waals surface area contributed by atoms with E-state index < -0.39 is 0 Å². The molecule has 0 saturated carbocycles. The molecular formula is C17H17ClI2N2O. The summed E-state index contributed by atoms with van der Waals surface area (Å²) in [6.45, 7) is 0.918. The number of aromatic hydroxyl groups is 1. The lowest BCUT2D eigenvalue weighted by molar-refractivity contribution is 0.467. The molecule has 0 radical (unpaired) electrons. The molecule has 1 atom stereocenters. The van der Waals surface area contributed by atoms with Crippen molar-refractivity contribution in [1.29, 1.82) is 0 Å². The summed E-state index contributed by atoms with van der Waals surface area (Å²) < 4.78 is 2.46. The largest absolute Gasteiger partial charge is 0.506 e. The normalized spacial score (nSPS) is 17.0. The standard InChI is InChI=1S/C17H17ClI2N2O/c1-21-17-13(19)4-9(5-14(17)20)6-15-11-8-12(18)16(23)7-10(11)2-3-22-15/h4-5,7-8,15,21-23H,2-3,6H2,1H3. The average Bonchev–Trinajstić information content (AvgIpc) is 2.49. The Balaban J connectivity index is 1.92. The van der Waals surface area contributed by atoms with E-state index in [1.165, 1.54) is 29.5 Å². The number of halogens is 3. The van der Waals surface area contributed by atoms with E-state index in [0.29, 0.717) is 5.02 Å². The highest BCUT2D eigenvalue weighted by molar-refractivity contribution is 14.1. The van der Waals surface area contributed by atoms with Gasteiger partial charge < -0.3 is 15.7 Å². The number of rotatable bonds is 3. The van der Waals surface area contributed by atoms with Gasteiger partial charge in [0.1, 0.15) is 5.75 Å². The molecule has 0 fully saturated rings. The van der Waals surface area contributed by atoms with Crippen LogP contribution in [0.25, 0.3) is 0 Å². The molecular weight excluding hydrogens is 537 g/mol. The summed E-state index contributed by atoms with van der Waals surface area (Å²) in [6, 6.07) is 8.40. The van der Waals surface area contributed by atoms with Crippen LogP contribution in [0.3, 0.4) is 0 Å². The van der Waals surface area contributed by atoms with Gasteiger partial charge in [-0.25, -0.2) is 0 Å². The van der Waals surface area contributed by atoms with Crippen molar-refractivity contribution in [2.24, 2.45) is 0 Å². The van der Waals surface area contributed by atoms with Gasteiger partial charge in [0.05, 0.1) is 10.7 Å². The molecule has 6 heteroatoms. The second-order valence-electron chi connectivity index (χ2n) is 5.65. The maximum Gasteiger partial charge on any atom is 0.134 e. The Bertz CT molecular complexity index is 729. The highest BCUT2D eigenvalue weighted by atomic mass is 127. The molecule has 122 valence electrons. The average molecular weight is 555 g/mol. The molecule has 1 aliphatic rings. The lowest BCUT2D eigenvalue weighted by Gasteiger charge is -2.28. The topological polar surface area (TPSA) is 44.3 Å². The van der Waals surface area contributed by atoms with E-state index in [2.05, 4.69) is 67.9 Å². The van der Waals surface area contributed by atoms with Crippen molar-refractivity contribution in [3.8, 4) is 5.75 Å². The molecule has 0 amide bonds. The van der Waals surface area contributed by atoms with Gasteiger partial charge in [-0.15, -0.1) is 0 Å². The lowest BCUT2D eigenvalue weighted by Crippen LogP contribution is -2.31. The molecule has 1 heterocycles. The van der Waals surface area contributed by atoms with Gasteiger partial charge in [-0.1, -0.05) is 11.6 Å². The summed E-state index contributed by atoms with van der Waals surface area (Å²) in [6.07, 6.45) is 1.83. The Morgan fingerprint density at radius 2 is 1.96 bits per heavy atom. The third-order valence-electron chi connectivity index (χ3n) is 4.16. The van der Waals surface area contributed by atoms with Crippen molar-refractivity contribution in [3.05, 3.63) is 53.1 Å². The predicted molar refractivity (Wildman–Crippen MR) is 113 cm³/mol. The molecule has 0 aromatic heterocycles. The molecule has 0 spiro atoms. The minimum absolute atomic E-state index is 0.175. The summed E-state index contributed by atoms with van der Waals surface area (Å²) in [5, 5.41) is 17.1. The molecule has 1 unspecified atom stereocenters. The lowest BCUT2D eigenvalue weighted by atomic mass is 9.90. The van der Waals surface area contributed by atoms with Crippen molar-refractivity contribution in [3.63, 3.8) is 0 Å². The number of benzene rings is 2. The molecule has 2 aromatic rings. The van der Waals surface area contributed by atoms with Gasteiger partial charge in [0.15, 0.2) is 0 Å². The van der Waals surface area contributed by atoms with E-state index in [1.54, 1.807) is 0 Å². The van der Waals surface area contributed by atoms with Crippen LogP contribution in [-0.4, -0.2) is 18.7 Å². The van der Waals surface area contributed by atoms with Crippen LogP contribution >= 0.6 is 56.8 Å². The van der Waals surface area contributed by atoms with Crippen LogP contribution in [0.15, 0.2) is 24.3 Å². The fraction of sp³-hybridized carbons (Fsp3) is 0.294. The number of nitrogens with one attached hydrogen (secondary N) is 2. The van der Waals surface area contributed by atoms with Gasteiger partial charge in [-0.05, 0) is 106 Å². The van der Waals surface area contributed by atoms with E-state index in [0.717, 1.165) is 19.4 Å². The monoisotopic (exact) mass is 554 g/mol. The van der Waals surface area contributed by atoms with E-state index in [9.17, 15) is 5.11 Å². The molecule has 0 bridgehead atoms. The highest BCUT2D eigenvalue weighted by Crippen LogP contribution is 2.35. The Morgan fingerprint density at radius 1 is 1.26 bits per heavy atom. The Hall–Kier alpha value is -0.250. The van der Waals surface area contributed by atoms with Crippen molar-refractivity contribution in [2.45, 2.75) is 18.9 Å². The summed E-state index contributed by atoms with van der Waals surface area (Å²) in [5.74, 6) is 0.175. The minimum atomic E-state index is 0.175. The first-order chi connectivity index (χ1) is 11.0. The first-order valence-electron chi connectivity index (χ1n) is 7.40. The van der Waals surface area contributed by atoms with Gasteiger partial charge in [-0.3, -0.25) is 0 Å². The number of fused-ring (bicyclic) bond motifs is 1. The molecule has 0 aliphatic carbocycles. The zero-order chi connectivity index (χ0) is 16.6. The van der Waals surface area contributed by atoms with E-state index in [4.69, 9.17) is 11.6 Å². The number of phenols is 1. The number of hydrogen-bond donors (Lipinski definition) is 3. The zero-order valence-corrected chi connectivity index (χ0v) is 17.7. The second kappa shape index (κ2) is 7.33. The SMILES string of the molecule is CNc1c(I)cc(CC2NCCc3cc(O)c(Cl)cc32)cc1I. The number of hydrogen-bond acceptors (Lipinski definition) is 3. The number of phenolic OH excluding ortho intramolecular Hbond substituents is 1. The van der Waals surface area contributed by atoms with Crippen LogP contribution in [0, 0.1) is 7.14 Å². The van der Waals surface area contributed by atoms with Gasteiger partial charge in [0.25, 0.3) is 0 Å². The molecule has 3 rings (SSSR count). The van der Waals surface area contributed by atoms with Crippen molar-refractivity contribution in [2.75, 3.05) is 18.9 Å². The van der Waals surface area contributed by atoms with Gasteiger partial charge >= 0.3 is 0 Å². The van der Waals surface area contributed by atoms with Crippen molar-refractivity contribution < 1.29 is 5.11 Å². The smallest absolute Gasteiger partial charge is 0.134 e. The van der Waals surface area contributed by atoms with Crippen LogP contribution < -0.4 is 10.6 Å². The molecule has 2 aromatic carbocycles. The van der Waals surface area contributed by atoms with E-state index in [-0.39, 0.29) is 11.8 Å². The first-order valence-corrected chi connectivity index (χ1v) is 9.93. The molecule has 3 N–H and O–H groups in total. The molecule has 3 nitrogen and oxygen atoms in total. The summed E-state index contributed by atoms with van der Waals surface area (Å²) >= 11 is 10.9. The van der Waals surface area contributed by atoms with Gasteiger partial charge in [-0.2, -0.15) is 0 Å². The fourth-order valence-corrected chi connectivity index (χ4v) is 5.66.